The average Bonchev–Trinajstić information content (AvgIpc) is 2.70. The number of rotatable bonds is 4. The van der Waals surface area contributed by atoms with Gasteiger partial charge in [-0.3, -0.25) is 14.5 Å². The molecule has 1 saturated heterocycles. The quantitative estimate of drug-likeness (QED) is 0.853. The first-order chi connectivity index (χ1) is 13.6. The van der Waals surface area contributed by atoms with E-state index in [1.54, 1.807) is 18.2 Å². The van der Waals surface area contributed by atoms with E-state index in [0.29, 0.717) is 17.0 Å². The maximum absolute atomic E-state index is 12.5. The van der Waals surface area contributed by atoms with Crippen LogP contribution in [0, 0.1) is 5.92 Å². The standard InChI is InChI=1S/C22H25N3O3/c1-15-8-10-25(11-9-15)13-16-2-5-18(6-3-16)23-22(27)17-4-7-19-20(12-17)28-14-21(26)24-19/h2-7,12,15H,8-11,13-14H2,1H3,(H,23,27)(H,24,26). The third-order valence-electron chi connectivity index (χ3n) is 5.37. The molecule has 0 atom stereocenters. The van der Waals surface area contributed by atoms with Gasteiger partial charge in [0.2, 0.25) is 0 Å². The molecule has 28 heavy (non-hydrogen) atoms. The minimum absolute atomic E-state index is 0.0323. The Kier molecular flexibility index (Phi) is 5.30. The van der Waals surface area contributed by atoms with Crippen molar-refractivity contribution in [3.63, 3.8) is 0 Å². The summed E-state index contributed by atoms with van der Waals surface area (Å²) >= 11 is 0. The summed E-state index contributed by atoms with van der Waals surface area (Å²) in [4.78, 5) is 26.4. The topological polar surface area (TPSA) is 70.7 Å². The molecule has 2 aromatic carbocycles. The van der Waals surface area contributed by atoms with Crippen molar-refractivity contribution in [3.8, 4) is 5.75 Å². The normalized spacial score (nSPS) is 17.4. The zero-order valence-corrected chi connectivity index (χ0v) is 16.0. The van der Waals surface area contributed by atoms with E-state index >= 15 is 0 Å². The van der Waals surface area contributed by atoms with Crippen LogP contribution in [0.2, 0.25) is 0 Å². The molecule has 0 spiro atoms. The lowest BCUT2D eigenvalue weighted by Gasteiger charge is -2.30. The Balaban J connectivity index is 1.36. The van der Waals surface area contributed by atoms with Crippen LogP contribution in [0.1, 0.15) is 35.7 Å². The van der Waals surface area contributed by atoms with Gasteiger partial charge in [0.15, 0.2) is 6.61 Å². The molecule has 4 rings (SSSR count). The number of hydrogen-bond acceptors (Lipinski definition) is 4. The van der Waals surface area contributed by atoms with Crippen LogP contribution in [-0.4, -0.2) is 36.4 Å². The summed E-state index contributed by atoms with van der Waals surface area (Å²) in [6.07, 6.45) is 2.53. The van der Waals surface area contributed by atoms with Crippen molar-refractivity contribution in [2.24, 2.45) is 5.92 Å². The van der Waals surface area contributed by atoms with Crippen molar-refractivity contribution in [2.75, 3.05) is 30.3 Å². The highest BCUT2D eigenvalue weighted by Crippen LogP contribution is 2.29. The zero-order valence-electron chi connectivity index (χ0n) is 16.0. The lowest BCUT2D eigenvalue weighted by molar-refractivity contribution is -0.118. The number of amides is 2. The Morgan fingerprint density at radius 3 is 2.68 bits per heavy atom. The van der Waals surface area contributed by atoms with Gasteiger partial charge in [-0.2, -0.15) is 0 Å². The van der Waals surface area contributed by atoms with Crippen molar-refractivity contribution in [2.45, 2.75) is 26.3 Å². The van der Waals surface area contributed by atoms with Gasteiger partial charge in [-0.25, -0.2) is 0 Å². The van der Waals surface area contributed by atoms with Gasteiger partial charge in [0.05, 0.1) is 5.69 Å². The van der Waals surface area contributed by atoms with Crippen molar-refractivity contribution in [1.29, 1.82) is 0 Å². The summed E-state index contributed by atoms with van der Waals surface area (Å²) in [5, 5.41) is 5.63. The fourth-order valence-corrected chi connectivity index (χ4v) is 3.59. The summed E-state index contributed by atoms with van der Waals surface area (Å²) in [7, 11) is 0. The van der Waals surface area contributed by atoms with Crippen LogP contribution < -0.4 is 15.4 Å². The molecule has 2 heterocycles. The number of nitrogens with one attached hydrogen (secondary N) is 2. The van der Waals surface area contributed by atoms with Gasteiger partial charge in [-0.05, 0) is 67.7 Å². The summed E-state index contributed by atoms with van der Waals surface area (Å²) in [5.41, 5.74) is 3.09. The molecule has 146 valence electrons. The second-order valence-electron chi connectivity index (χ2n) is 7.66. The van der Waals surface area contributed by atoms with Gasteiger partial charge in [0, 0.05) is 17.8 Å². The van der Waals surface area contributed by atoms with Gasteiger partial charge in [0.25, 0.3) is 11.8 Å². The molecule has 0 bridgehead atoms. The summed E-state index contributed by atoms with van der Waals surface area (Å²) in [6.45, 7) is 5.55. The molecule has 6 heteroatoms. The van der Waals surface area contributed by atoms with E-state index in [0.717, 1.165) is 31.2 Å². The number of carbonyl (C=O) groups is 2. The maximum Gasteiger partial charge on any atom is 0.262 e. The first kappa shape index (κ1) is 18.5. The highest BCUT2D eigenvalue weighted by molar-refractivity contribution is 6.05. The minimum atomic E-state index is -0.207. The first-order valence-electron chi connectivity index (χ1n) is 9.76. The van der Waals surface area contributed by atoms with Crippen LogP contribution in [0.3, 0.4) is 0 Å². The van der Waals surface area contributed by atoms with Crippen LogP contribution >= 0.6 is 0 Å². The Bertz CT molecular complexity index is 871. The Hall–Kier alpha value is -2.86. The Morgan fingerprint density at radius 1 is 1.18 bits per heavy atom. The zero-order chi connectivity index (χ0) is 19.5. The van der Waals surface area contributed by atoms with Gasteiger partial charge in [-0.1, -0.05) is 19.1 Å². The molecule has 0 aliphatic carbocycles. The third kappa shape index (κ3) is 4.34. The highest BCUT2D eigenvalue weighted by atomic mass is 16.5. The molecule has 2 aromatic rings. The summed E-state index contributed by atoms with van der Waals surface area (Å²) in [5.74, 6) is 0.947. The molecule has 2 amide bonds. The Morgan fingerprint density at radius 2 is 1.93 bits per heavy atom. The molecule has 0 aromatic heterocycles. The van der Waals surface area contributed by atoms with Crippen LogP contribution in [0.15, 0.2) is 42.5 Å². The van der Waals surface area contributed by atoms with Gasteiger partial charge < -0.3 is 15.4 Å². The van der Waals surface area contributed by atoms with Crippen LogP contribution in [0.5, 0.6) is 5.75 Å². The molecule has 0 saturated carbocycles. The molecule has 1 fully saturated rings. The van der Waals surface area contributed by atoms with Crippen molar-refractivity contribution >= 4 is 23.2 Å². The first-order valence-corrected chi connectivity index (χ1v) is 9.76. The second-order valence-corrected chi connectivity index (χ2v) is 7.66. The number of likely N-dealkylation sites (tertiary alicyclic amines) is 1. The molecular weight excluding hydrogens is 354 g/mol. The fraction of sp³-hybridized carbons (Fsp3) is 0.364. The predicted molar refractivity (Wildman–Crippen MR) is 109 cm³/mol. The lowest BCUT2D eigenvalue weighted by atomic mass is 9.99. The van der Waals surface area contributed by atoms with Crippen LogP contribution in [0.4, 0.5) is 11.4 Å². The van der Waals surface area contributed by atoms with E-state index < -0.39 is 0 Å². The van der Waals surface area contributed by atoms with Gasteiger partial charge in [0.1, 0.15) is 5.75 Å². The number of anilines is 2. The van der Waals surface area contributed by atoms with Gasteiger partial charge in [-0.15, -0.1) is 0 Å². The Labute approximate surface area is 164 Å². The lowest BCUT2D eigenvalue weighted by Crippen LogP contribution is -2.32. The van der Waals surface area contributed by atoms with E-state index in [2.05, 4.69) is 34.6 Å². The smallest absolute Gasteiger partial charge is 0.262 e. The number of ether oxygens (including phenoxy) is 1. The summed E-state index contributed by atoms with van der Waals surface area (Å²) < 4.78 is 5.37. The van der Waals surface area contributed by atoms with Crippen molar-refractivity contribution < 1.29 is 14.3 Å². The SMILES string of the molecule is CC1CCN(Cc2ccc(NC(=O)c3ccc4c(c3)OCC(=O)N4)cc2)CC1. The van der Waals surface area contributed by atoms with Gasteiger partial charge >= 0.3 is 0 Å². The molecule has 0 radical (unpaired) electrons. The van der Waals surface area contributed by atoms with E-state index in [1.807, 2.05) is 12.1 Å². The number of nitrogens with zero attached hydrogens (tertiary/aromatic N) is 1. The van der Waals surface area contributed by atoms with Crippen LogP contribution in [0.25, 0.3) is 0 Å². The molecule has 0 unspecified atom stereocenters. The largest absolute Gasteiger partial charge is 0.482 e. The molecule has 2 N–H and O–H groups in total. The summed E-state index contributed by atoms with van der Waals surface area (Å²) in [6, 6.07) is 13.0. The number of piperidine rings is 1. The van der Waals surface area contributed by atoms with E-state index in [9.17, 15) is 9.59 Å². The minimum Gasteiger partial charge on any atom is -0.482 e. The number of carbonyl (C=O) groups excluding carboxylic acids is 2. The number of fused-ring (bicyclic) bond motifs is 1. The molecular formula is C22H25N3O3. The predicted octanol–water partition coefficient (Wildman–Crippen LogP) is 3.50. The highest BCUT2D eigenvalue weighted by Gasteiger charge is 2.18. The molecule has 2 aliphatic heterocycles. The maximum atomic E-state index is 12.5. The van der Waals surface area contributed by atoms with Crippen molar-refractivity contribution in [1.82, 2.24) is 4.90 Å². The van der Waals surface area contributed by atoms with E-state index in [1.165, 1.54) is 18.4 Å². The van der Waals surface area contributed by atoms with Crippen molar-refractivity contribution in [3.05, 3.63) is 53.6 Å². The monoisotopic (exact) mass is 379 g/mol. The van der Waals surface area contributed by atoms with E-state index in [-0.39, 0.29) is 18.4 Å². The second kappa shape index (κ2) is 8.02. The fourth-order valence-electron chi connectivity index (χ4n) is 3.59. The van der Waals surface area contributed by atoms with E-state index in [4.69, 9.17) is 4.74 Å². The van der Waals surface area contributed by atoms with Crippen LogP contribution in [-0.2, 0) is 11.3 Å². The number of hydrogen-bond donors (Lipinski definition) is 2. The third-order valence-corrected chi connectivity index (χ3v) is 5.37. The molecule has 2 aliphatic rings. The number of benzene rings is 2. The average molecular weight is 379 g/mol. The molecule has 6 nitrogen and oxygen atoms in total.